The van der Waals surface area contributed by atoms with Crippen LogP contribution in [-0.2, 0) is 0 Å². The lowest BCUT2D eigenvalue weighted by Crippen LogP contribution is -2.39. The molecule has 0 saturated heterocycles. The summed E-state index contributed by atoms with van der Waals surface area (Å²) in [4.78, 5) is 0. The van der Waals surface area contributed by atoms with Crippen molar-refractivity contribution in [3.8, 4) is 0 Å². The Labute approximate surface area is 102 Å². The number of hydrogen-bond donors (Lipinski definition) is 1. The summed E-state index contributed by atoms with van der Waals surface area (Å²) in [6, 6.07) is 0.791. The van der Waals surface area contributed by atoms with Crippen LogP contribution in [0.25, 0.3) is 0 Å². The molecule has 2 unspecified atom stereocenters. The first-order chi connectivity index (χ1) is 7.77. The minimum atomic E-state index is 0.791. The Bertz CT molecular complexity index is 161. The molecular weight excluding hydrogens is 194 g/mol. The SMILES string of the molecule is CCCC(C)CNC(CC)C1CCCCC1. The van der Waals surface area contributed by atoms with E-state index in [1.807, 2.05) is 0 Å². The molecular formula is C15H31N. The molecule has 1 saturated carbocycles. The van der Waals surface area contributed by atoms with Gasteiger partial charge in [-0.3, -0.25) is 0 Å². The van der Waals surface area contributed by atoms with Gasteiger partial charge in [-0.05, 0) is 44.1 Å². The predicted molar refractivity (Wildman–Crippen MR) is 72.7 cm³/mol. The summed E-state index contributed by atoms with van der Waals surface area (Å²) in [7, 11) is 0. The largest absolute Gasteiger partial charge is 0.313 e. The second-order valence-electron chi connectivity index (χ2n) is 5.71. The van der Waals surface area contributed by atoms with Crippen LogP contribution in [0.2, 0.25) is 0 Å². The molecule has 1 heteroatoms. The lowest BCUT2D eigenvalue weighted by molar-refractivity contribution is 0.253. The van der Waals surface area contributed by atoms with Crippen molar-refractivity contribution in [2.24, 2.45) is 11.8 Å². The second kappa shape index (κ2) is 8.11. The quantitative estimate of drug-likeness (QED) is 0.678. The van der Waals surface area contributed by atoms with Gasteiger partial charge in [0.2, 0.25) is 0 Å². The van der Waals surface area contributed by atoms with Crippen LogP contribution in [0.15, 0.2) is 0 Å². The van der Waals surface area contributed by atoms with Crippen molar-refractivity contribution in [3.63, 3.8) is 0 Å². The van der Waals surface area contributed by atoms with Crippen molar-refractivity contribution in [1.82, 2.24) is 5.32 Å². The third kappa shape index (κ3) is 4.86. The normalized spacial score (nSPS) is 21.9. The molecule has 1 aliphatic rings. The standard InChI is InChI=1S/C15H31N/c1-4-9-13(3)12-16-15(5-2)14-10-7-6-8-11-14/h13-16H,4-12H2,1-3H3. The first-order valence-corrected chi connectivity index (χ1v) is 7.51. The highest BCUT2D eigenvalue weighted by molar-refractivity contribution is 4.78. The summed E-state index contributed by atoms with van der Waals surface area (Å²) in [5.41, 5.74) is 0. The molecule has 0 heterocycles. The van der Waals surface area contributed by atoms with Gasteiger partial charge in [-0.15, -0.1) is 0 Å². The van der Waals surface area contributed by atoms with Gasteiger partial charge in [-0.1, -0.05) is 46.5 Å². The minimum absolute atomic E-state index is 0.791. The van der Waals surface area contributed by atoms with Crippen molar-refractivity contribution in [3.05, 3.63) is 0 Å². The molecule has 0 bridgehead atoms. The van der Waals surface area contributed by atoms with E-state index in [0.29, 0.717) is 0 Å². The third-order valence-electron chi connectivity index (χ3n) is 4.17. The van der Waals surface area contributed by atoms with E-state index in [-0.39, 0.29) is 0 Å². The van der Waals surface area contributed by atoms with Crippen LogP contribution < -0.4 is 5.32 Å². The molecule has 1 N–H and O–H groups in total. The van der Waals surface area contributed by atoms with Crippen molar-refractivity contribution in [2.75, 3.05) is 6.54 Å². The summed E-state index contributed by atoms with van der Waals surface area (Å²) in [6.07, 6.45) is 11.3. The van der Waals surface area contributed by atoms with Crippen LogP contribution in [0.1, 0.15) is 72.1 Å². The molecule has 0 aromatic carbocycles. The monoisotopic (exact) mass is 225 g/mol. The van der Waals surface area contributed by atoms with E-state index < -0.39 is 0 Å². The summed E-state index contributed by atoms with van der Waals surface area (Å²) in [6.45, 7) is 8.23. The average molecular weight is 225 g/mol. The summed E-state index contributed by atoms with van der Waals surface area (Å²) in [5.74, 6) is 1.82. The topological polar surface area (TPSA) is 12.0 Å². The van der Waals surface area contributed by atoms with Crippen LogP contribution in [-0.4, -0.2) is 12.6 Å². The Morgan fingerprint density at radius 1 is 1.12 bits per heavy atom. The Morgan fingerprint density at radius 2 is 1.81 bits per heavy atom. The summed E-state index contributed by atoms with van der Waals surface area (Å²) >= 11 is 0. The Kier molecular flexibility index (Phi) is 7.11. The zero-order chi connectivity index (χ0) is 11.8. The molecule has 1 rings (SSSR count). The van der Waals surface area contributed by atoms with Gasteiger partial charge in [0.15, 0.2) is 0 Å². The maximum absolute atomic E-state index is 3.82. The maximum Gasteiger partial charge on any atom is 0.00928 e. The third-order valence-corrected chi connectivity index (χ3v) is 4.17. The van der Waals surface area contributed by atoms with Gasteiger partial charge in [-0.2, -0.15) is 0 Å². The zero-order valence-electron chi connectivity index (χ0n) is 11.6. The van der Waals surface area contributed by atoms with Crippen LogP contribution in [0.3, 0.4) is 0 Å². The van der Waals surface area contributed by atoms with Crippen LogP contribution in [0.4, 0.5) is 0 Å². The van der Waals surface area contributed by atoms with E-state index in [4.69, 9.17) is 0 Å². The van der Waals surface area contributed by atoms with Gasteiger partial charge in [0.05, 0.1) is 0 Å². The Morgan fingerprint density at radius 3 is 2.38 bits per heavy atom. The predicted octanol–water partition coefficient (Wildman–Crippen LogP) is 4.37. The molecule has 16 heavy (non-hydrogen) atoms. The second-order valence-corrected chi connectivity index (χ2v) is 5.71. The van der Waals surface area contributed by atoms with Gasteiger partial charge in [0.25, 0.3) is 0 Å². The Balaban J connectivity index is 2.24. The van der Waals surface area contributed by atoms with Gasteiger partial charge in [-0.25, -0.2) is 0 Å². The smallest absolute Gasteiger partial charge is 0.00928 e. The van der Waals surface area contributed by atoms with E-state index >= 15 is 0 Å². The molecule has 0 aliphatic heterocycles. The van der Waals surface area contributed by atoms with Crippen LogP contribution >= 0.6 is 0 Å². The molecule has 96 valence electrons. The molecule has 1 aliphatic carbocycles. The lowest BCUT2D eigenvalue weighted by atomic mass is 9.83. The Hall–Kier alpha value is -0.0400. The highest BCUT2D eigenvalue weighted by Crippen LogP contribution is 2.27. The fraction of sp³-hybridized carbons (Fsp3) is 1.00. The molecule has 0 aromatic heterocycles. The van der Waals surface area contributed by atoms with Crippen LogP contribution in [0, 0.1) is 11.8 Å². The number of rotatable bonds is 7. The molecule has 0 spiro atoms. The van der Waals surface area contributed by atoms with Crippen molar-refractivity contribution >= 4 is 0 Å². The number of hydrogen-bond acceptors (Lipinski definition) is 1. The van der Waals surface area contributed by atoms with Gasteiger partial charge < -0.3 is 5.32 Å². The highest BCUT2D eigenvalue weighted by atomic mass is 14.9. The van der Waals surface area contributed by atoms with Crippen molar-refractivity contribution in [2.45, 2.75) is 78.2 Å². The van der Waals surface area contributed by atoms with E-state index in [1.54, 1.807) is 0 Å². The fourth-order valence-electron chi connectivity index (χ4n) is 3.13. The van der Waals surface area contributed by atoms with E-state index in [2.05, 4.69) is 26.1 Å². The summed E-state index contributed by atoms with van der Waals surface area (Å²) in [5, 5.41) is 3.82. The number of nitrogens with one attached hydrogen (secondary N) is 1. The maximum atomic E-state index is 3.82. The molecule has 2 atom stereocenters. The molecule has 0 aromatic rings. The zero-order valence-corrected chi connectivity index (χ0v) is 11.6. The lowest BCUT2D eigenvalue weighted by Gasteiger charge is -2.31. The molecule has 0 radical (unpaired) electrons. The van der Waals surface area contributed by atoms with E-state index in [9.17, 15) is 0 Å². The van der Waals surface area contributed by atoms with E-state index in [1.165, 1.54) is 57.9 Å². The minimum Gasteiger partial charge on any atom is -0.313 e. The first-order valence-electron chi connectivity index (χ1n) is 7.51. The first kappa shape index (κ1) is 14.0. The van der Waals surface area contributed by atoms with Gasteiger partial charge in [0, 0.05) is 6.04 Å². The van der Waals surface area contributed by atoms with Crippen molar-refractivity contribution < 1.29 is 0 Å². The van der Waals surface area contributed by atoms with Crippen LogP contribution in [0.5, 0.6) is 0 Å². The summed E-state index contributed by atoms with van der Waals surface area (Å²) < 4.78 is 0. The molecule has 1 fully saturated rings. The molecule has 1 nitrogen and oxygen atoms in total. The van der Waals surface area contributed by atoms with Gasteiger partial charge >= 0.3 is 0 Å². The fourth-order valence-corrected chi connectivity index (χ4v) is 3.13. The average Bonchev–Trinajstić information content (AvgIpc) is 2.31. The van der Waals surface area contributed by atoms with Gasteiger partial charge in [0.1, 0.15) is 0 Å². The molecule has 0 amide bonds. The van der Waals surface area contributed by atoms with E-state index in [0.717, 1.165) is 17.9 Å². The highest BCUT2D eigenvalue weighted by Gasteiger charge is 2.21. The van der Waals surface area contributed by atoms with Crippen molar-refractivity contribution in [1.29, 1.82) is 0 Å².